The first-order valence-corrected chi connectivity index (χ1v) is 9.12. The SMILES string of the molecule is Cc1ccc(S(=O)(=O)N2CCCC(O)c3ccccc32)s1. The van der Waals surface area contributed by atoms with E-state index in [4.69, 9.17) is 0 Å². The summed E-state index contributed by atoms with van der Waals surface area (Å²) >= 11 is 1.28. The number of aliphatic hydroxyl groups is 1. The Kier molecular flexibility index (Phi) is 3.77. The number of aryl methyl sites for hydroxylation is 1. The normalized spacial score (nSPS) is 19.1. The summed E-state index contributed by atoms with van der Waals surface area (Å²) in [5, 5.41) is 10.2. The van der Waals surface area contributed by atoms with E-state index in [0.717, 1.165) is 4.88 Å². The average Bonchev–Trinajstić information content (AvgIpc) is 2.83. The second-order valence-electron chi connectivity index (χ2n) is 5.16. The second kappa shape index (κ2) is 5.44. The van der Waals surface area contributed by atoms with Crippen LogP contribution in [0.25, 0.3) is 0 Å². The summed E-state index contributed by atoms with van der Waals surface area (Å²) in [6.45, 7) is 2.29. The molecule has 0 aliphatic carbocycles. The number of anilines is 1. The number of hydrogen-bond donors (Lipinski definition) is 1. The van der Waals surface area contributed by atoms with Gasteiger partial charge in [0.25, 0.3) is 10.0 Å². The van der Waals surface area contributed by atoms with Gasteiger partial charge in [-0.05, 0) is 38.0 Å². The van der Waals surface area contributed by atoms with E-state index in [2.05, 4.69) is 0 Å². The van der Waals surface area contributed by atoms with Crippen molar-refractivity contribution in [3.8, 4) is 0 Å². The van der Waals surface area contributed by atoms with Crippen molar-refractivity contribution < 1.29 is 13.5 Å². The largest absolute Gasteiger partial charge is 0.388 e. The van der Waals surface area contributed by atoms with Gasteiger partial charge in [0.05, 0.1) is 11.8 Å². The van der Waals surface area contributed by atoms with E-state index >= 15 is 0 Å². The van der Waals surface area contributed by atoms with Crippen LogP contribution in [0.2, 0.25) is 0 Å². The average molecular weight is 323 g/mol. The van der Waals surface area contributed by atoms with Crippen LogP contribution in [0.3, 0.4) is 0 Å². The highest BCUT2D eigenvalue weighted by molar-refractivity contribution is 7.94. The van der Waals surface area contributed by atoms with Crippen molar-refractivity contribution in [3.05, 3.63) is 46.8 Å². The molecule has 112 valence electrons. The molecule has 1 N–H and O–H groups in total. The minimum Gasteiger partial charge on any atom is -0.388 e. The first-order valence-electron chi connectivity index (χ1n) is 6.86. The monoisotopic (exact) mass is 323 g/mol. The van der Waals surface area contributed by atoms with E-state index in [0.29, 0.717) is 34.8 Å². The van der Waals surface area contributed by atoms with Gasteiger partial charge >= 0.3 is 0 Å². The molecule has 6 heteroatoms. The van der Waals surface area contributed by atoms with Crippen LogP contribution in [0.15, 0.2) is 40.6 Å². The Morgan fingerprint density at radius 1 is 1.24 bits per heavy atom. The minimum atomic E-state index is -3.56. The number of hydrogen-bond acceptors (Lipinski definition) is 4. The van der Waals surface area contributed by atoms with E-state index in [1.807, 2.05) is 19.1 Å². The van der Waals surface area contributed by atoms with Gasteiger partial charge in [0.2, 0.25) is 0 Å². The molecule has 1 unspecified atom stereocenters. The zero-order chi connectivity index (χ0) is 15.0. The molecule has 4 nitrogen and oxygen atoms in total. The Labute approximate surface area is 128 Å². The molecule has 0 fully saturated rings. The zero-order valence-electron chi connectivity index (χ0n) is 11.7. The number of thiophene rings is 1. The van der Waals surface area contributed by atoms with Crippen molar-refractivity contribution in [3.63, 3.8) is 0 Å². The van der Waals surface area contributed by atoms with Gasteiger partial charge in [-0.25, -0.2) is 8.42 Å². The number of fused-ring (bicyclic) bond motifs is 1. The third kappa shape index (κ3) is 2.59. The van der Waals surface area contributed by atoms with Crippen LogP contribution in [-0.2, 0) is 10.0 Å². The van der Waals surface area contributed by atoms with Crippen molar-refractivity contribution in [2.24, 2.45) is 0 Å². The highest BCUT2D eigenvalue weighted by Gasteiger charge is 2.31. The van der Waals surface area contributed by atoms with Crippen molar-refractivity contribution in [1.82, 2.24) is 0 Å². The van der Waals surface area contributed by atoms with E-state index in [-0.39, 0.29) is 0 Å². The summed E-state index contributed by atoms with van der Waals surface area (Å²) in [6, 6.07) is 10.7. The number of sulfonamides is 1. The van der Waals surface area contributed by atoms with Gasteiger partial charge in [-0.2, -0.15) is 0 Å². The Morgan fingerprint density at radius 2 is 2.00 bits per heavy atom. The van der Waals surface area contributed by atoms with Crippen LogP contribution >= 0.6 is 11.3 Å². The Balaban J connectivity index is 2.12. The summed E-state index contributed by atoms with van der Waals surface area (Å²) in [6.07, 6.45) is 0.609. The molecule has 0 spiro atoms. The molecule has 1 atom stereocenters. The fourth-order valence-corrected chi connectivity index (χ4v) is 5.54. The third-order valence-corrected chi connectivity index (χ3v) is 6.94. The highest BCUT2D eigenvalue weighted by Crippen LogP contribution is 2.36. The summed E-state index contributed by atoms with van der Waals surface area (Å²) in [7, 11) is -3.56. The molecule has 0 amide bonds. The fourth-order valence-electron chi connectivity index (χ4n) is 2.61. The molecular weight excluding hydrogens is 306 g/mol. The maximum Gasteiger partial charge on any atom is 0.273 e. The predicted molar refractivity (Wildman–Crippen MR) is 84.2 cm³/mol. The predicted octanol–water partition coefficient (Wildman–Crippen LogP) is 3.08. The van der Waals surface area contributed by atoms with Crippen LogP contribution < -0.4 is 4.31 Å². The van der Waals surface area contributed by atoms with Gasteiger partial charge in [-0.3, -0.25) is 4.31 Å². The Morgan fingerprint density at radius 3 is 2.71 bits per heavy atom. The minimum absolute atomic E-state index is 0.353. The van der Waals surface area contributed by atoms with E-state index in [1.54, 1.807) is 24.3 Å². The molecule has 1 aromatic carbocycles. The first kappa shape index (κ1) is 14.6. The van der Waals surface area contributed by atoms with Gasteiger partial charge in [-0.1, -0.05) is 18.2 Å². The van der Waals surface area contributed by atoms with Crippen LogP contribution in [0.4, 0.5) is 5.69 Å². The molecular formula is C15H17NO3S2. The Hall–Kier alpha value is -1.37. The van der Waals surface area contributed by atoms with Gasteiger partial charge in [0.1, 0.15) is 4.21 Å². The number of aliphatic hydroxyl groups excluding tert-OH is 1. The quantitative estimate of drug-likeness (QED) is 0.924. The number of benzene rings is 1. The van der Waals surface area contributed by atoms with Crippen LogP contribution in [0.1, 0.15) is 29.4 Å². The number of nitrogens with zero attached hydrogens (tertiary/aromatic N) is 1. The molecule has 21 heavy (non-hydrogen) atoms. The number of para-hydroxylation sites is 1. The molecule has 1 aliphatic heterocycles. The van der Waals surface area contributed by atoms with Crippen molar-refractivity contribution in [2.75, 3.05) is 10.8 Å². The third-order valence-electron chi connectivity index (χ3n) is 3.66. The van der Waals surface area contributed by atoms with Crippen molar-refractivity contribution in [1.29, 1.82) is 0 Å². The molecule has 0 radical (unpaired) electrons. The topological polar surface area (TPSA) is 57.6 Å². The van der Waals surface area contributed by atoms with Gasteiger partial charge in [0.15, 0.2) is 0 Å². The summed E-state index contributed by atoms with van der Waals surface area (Å²) in [5.74, 6) is 0. The van der Waals surface area contributed by atoms with Crippen LogP contribution in [0, 0.1) is 6.92 Å². The van der Waals surface area contributed by atoms with E-state index in [9.17, 15) is 13.5 Å². The maximum absolute atomic E-state index is 12.9. The molecule has 2 aromatic rings. The zero-order valence-corrected chi connectivity index (χ0v) is 13.3. The van der Waals surface area contributed by atoms with E-state index in [1.165, 1.54) is 15.6 Å². The standard InChI is InChI=1S/C15H17NO3S2/c1-11-8-9-15(20-11)21(18,19)16-10-4-7-14(17)12-5-2-3-6-13(12)16/h2-3,5-6,8-9,14,17H,4,7,10H2,1H3. The molecule has 2 heterocycles. The van der Waals surface area contributed by atoms with Crippen LogP contribution in [-0.4, -0.2) is 20.1 Å². The lowest BCUT2D eigenvalue weighted by atomic mass is 10.1. The molecule has 3 rings (SSSR count). The molecule has 0 saturated carbocycles. The molecule has 1 aliphatic rings. The van der Waals surface area contributed by atoms with Gasteiger partial charge in [-0.15, -0.1) is 11.3 Å². The molecule has 0 bridgehead atoms. The van der Waals surface area contributed by atoms with E-state index < -0.39 is 16.1 Å². The van der Waals surface area contributed by atoms with Crippen LogP contribution in [0.5, 0.6) is 0 Å². The lowest BCUT2D eigenvalue weighted by Crippen LogP contribution is -2.31. The first-order chi connectivity index (χ1) is 10.00. The Bertz CT molecular complexity index is 752. The van der Waals surface area contributed by atoms with Gasteiger partial charge in [0, 0.05) is 17.0 Å². The summed E-state index contributed by atoms with van der Waals surface area (Å²) in [5.41, 5.74) is 1.28. The smallest absolute Gasteiger partial charge is 0.273 e. The lowest BCUT2D eigenvalue weighted by molar-refractivity contribution is 0.168. The number of rotatable bonds is 2. The fraction of sp³-hybridized carbons (Fsp3) is 0.333. The molecule has 1 aromatic heterocycles. The maximum atomic E-state index is 12.9. The lowest BCUT2D eigenvalue weighted by Gasteiger charge is -2.24. The summed E-state index contributed by atoms with van der Waals surface area (Å²) < 4.78 is 27.5. The van der Waals surface area contributed by atoms with Crippen molar-refractivity contribution >= 4 is 27.0 Å². The molecule has 0 saturated heterocycles. The van der Waals surface area contributed by atoms with Gasteiger partial charge < -0.3 is 5.11 Å². The second-order valence-corrected chi connectivity index (χ2v) is 8.54. The highest BCUT2D eigenvalue weighted by atomic mass is 32.2. The van der Waals surface area contributed by atoms with Crippen molar-refractivity contribution in [2.45, 2.75) is 30.1 Å². The summed E-state index contributed by atoms with van der Waals surface area (Å²) in [4.78, 5) is 0.969.